The molecule has 0 saturated heterocycles. The van der Waals surface area contributed by atoms with Crippen LogP contribution < -0.4 is 15.2 Å². The maximum atomic E-state index is 6.18. The summed E-state index contributed by atoms with van der Waals surface area (Å²) in [6.07, 6.45) is 0. The molecular formula is C30H32N2O2. The number of rotatable bonds is 12. The van der Waals surface area contributed by atoms with E-state index in [2.05, 4.69) is 53.4 Å². The zero-order valence-electron chi connectivity index (χ0n) is 19.5. The highest BCUT2D eigenvalue weighted by Gasteiger charge is 2.13. The van der Waals surface area contributed by atoms with Gasteiger partial charge in [-0.05, 0) is 23.3 Å². The predicted molar refractivity (Wildman–Crippen MR) is 138 cm³/mol. The molecule has 0 aromatic heterocycles. The summed E-state index contributed by atoms with van der Waals surface area (Å²) in [7, 11) is 0. The standard InChI is InChI=1S/C30H32N2O2/c31-19-20-32(21-27-15-7-9-17-29(27)33-23-25-11-3-1-4-12-25)22-28-16-8-10-18-30(28)34-24-26-13-5-2-6-14-26/h1-18H,19-24,31H2. The molecule has 0 heterocycles. The van der Waals surface area contributed by atoms with Crippen LogP contribution in [0.1, 0.15) is 22.3 Å². The monoisotopic (exact) mass is 452 g/mol. The van der Waals surface area contributed by atoms with Crippen molar-refractivity contribution >= 4 is 0 Å². The second-order valence-corrected chi connectivity index (χ2v) is 8.26. The number of ether oxygens (including phenoxy) is 2. The number of nitrogens with two attached hydrogens (primary N) is 1. The SMILES string of the molecule is NCCN(Cc1ccccc1OCc1ccccc1)Cc1ccccc1OCc1ccccc1. The second kappa shape index (κ2) is 12.6. The molecule has 0 radical (unpaired) electrons. The third kappa shape index (κ3) is 6.95. The van der Waals surface area contributed by atoms with Crippen molar-refractivity contribution in [3.63, 3.8) is 0 Å². The third-order valence-corrected chi connectivity index (χ3v) is 5.65. The zero-order chi connectivity index (χ0) is 23.4. The van der Waals surface area contributed by atoms with Gasteiger partial charge in [0.1, 0.15) is 24.7 Å². The van der Waals surface area contributed by atoms with E-state index in [1.54, 1.807) is 0 Å². The molecule has 0 fully saturated rings. The number of hydrogen-bond acceptors (Lipinski definition) is 4. The Hall–Kier alpha value is -3.60. The molecule has 0 atom stereocenters. The van der Waals surface area contributed by atoms with Crippen molar-refractivity contribution in [3.05, 3.63) is 131 Å². The molecule has 0 spiro atoms. The van der Waals surface area contributed by atoms with Gasteiger partial charge in [-0.25, -0.2) is 0 Å². The normalized spacial score (nSPS) is 10.9. The van der Waals surface area contributed by atoms with Gasteiger partial charge in [-0.15, -0.1) is 0 Å². The van der Waals surface area contributed by atoms with Crippen molar-refractivity contribution in [2.75, 3.05) is 13.1 Å². The summed E-state index contributed by atoms with van der Waals surface area (Å²) in [5.74, 6) is 1.81. The fourth-order valence-corrected chi connectivity index (χ4v) is 3.90. The van der Waals surface area contributed by atoms with Gasteiger partial charge < -0.3 is 15.2 Å². The van der Waals surface area contributed by atoms with Gasteiger partial charge in [0.2, 0.25) is 0 Å². The van der Waals surface area contributed by atoms with Crippen LogP contribution in [0.4, 0.5) is 0 Å². The van der Waals surface area contributed by atoms with E-state index in [-0.39, 0.29) is 0 Å². The summed E-state index contributed by atoms with van der Waals surface area (Å²) < 4.78 is 12.4. The van der Waals surface area contributed by atoms with Crippen LogP contribution in [0.25, 0.3) is 0 Å². The molecule has 0 saturated carbocycles. The molecule has 0 amide bonds. The lowest BCUT2D eigenvalue weighted by Gasteiger charge is -2.24. The van der Waals surface area contributed by atoms with Gasteiger partial charge >= 0.3 is 0 Å². The van der Waals surface area contributed by atoms with Crippen LogP contribution in [0, 0.1) is 0 Å². The number of para-hydroxylation sites is 2. The highest BCUT2D eigenvalue weighted by atomic mass is 16.5. The molecule has 174 valence electrons. The van der Waals surface area contributed by atoms with Crippen molar-refractivity contribution in [2.45, 2.75) is 26.3 Å². The highest BCUT2D eigenvalue weighted by molar-refractivity contribution is 5.35. The summed E-state index contributed by atoms with van der Waals surface area (Å²) >= 11 is 0. The van der Waals surface area contributed by atoms with Crippen LogP contribution in [0.3, 0.4) is 0 Å². The Bertz CT molecular complexity index is 1040. The molecule has 2 N–H and O–H groups in total. The molecule has 0 bridgehead atoms. The Kier molecular flexibility index (Phi) is 8.72. The minimum atomic E-state index is 0.547. The van der Waals surface area contributed by atoms with Crippen LogP contribution in [0.2, 0.25) is 0 Å². The lowest BCUT2D eigenvalue weighted by Crippen LogP contribution is -2.29. The van der Waals surface area contributed by atoms with Gasteiger partial charge in [0.05, 0.1) is 0 Å². The molecule has 0 aliphatic carbocycles. The van der Waals surface area contributed by atoms with Gasteiger partial charge in [-0.2, -0.15) is 0 Å². The van der Waals surface area contributed by atoms with Crippen molar-refractivity contribution in [1.29, 1.82) is 0 Å². The zero-order valence-corrected chi connectivity index (χ0v) is 19.5. The minimum Gasteiger partial charge on any atom is -0.489 e. The Morgan fingerprint density at radius 2 is 0.941 bits per heavy atom. The largest absolute Gasteiger partial charge is 0.489 e. The minimum absolute atomic E-state index is 0.547. The third-order valence-electron chi connectivity index (χ3n) is 5.65. The Morgan fingerprint density at radius 3 is 1.38 bits per heavy atom. The Labute approximate surface area is 202 Å². The first-order valence-corrected chi connectivity index (χ1v) is 11.7. The van der Waals surface area contributed by atoms with Crippen molar-refractivity contribution in [3.8, 4) is 11.5 Å². The first-order valence-electron chi connectivity index (χ1n) is 11.7. The topological polar surface area (TPSA) is 47.7 Å². The van der Waals surface area contributed by atoms with Crippen molar-refractivity contribution in [1.82, 2.24) is 4.90 Å². The molecule has 4 heteroatoms. The van der Waals surface area contributed by atoms with E-state index in [9.17, 15) is 0 Å². The first kappa shape index (κ1) is 23.6. The number of nitrogens with zero attached hydrogens (tertiary/aromatic N) is 1. The highest BCUT2D eigenvalue weighted by Crippen LogP contribution is 2.25. The van der Waals surface area contributed by atoms with Crippen molar-refractivity contribution in [2.24, 2.45) is 5.73 Å². The maximum absolute atomic E-state index is 6.18. The maximum Gasteiger partial charge on any atom is 0.124 e. The predicted octanol–water partition coefficient (Wildman–Crippen LogP) is 5.81. The smallest absolute Gasteiger partial charge is 0.124 e. The Balaban J connectivity index is 1.44. The molecule has 4 aromatic rings. The van der Waals surface area contributed by atoms with Crippen LogP contribution in [-0.4, -0.2) is 18.0 Å². The van der Waals surface area contributed by atoms with E-state index in [0.717, 1.165) is 53.4 Å². The summed E-state index contributed by atoms with van der Waals surface area (Å²) in [5.41, 5.74) is 10.6. The molecular weight excluding hydrogens is 420 g/mol. The molecule has 34 heavy (non-hydrogen) atoms. The molecule has 0 unspecified atom stereocenters. The van der Waals surface area contributed by atoms with E-state index in [4.69, 9.17) is 15.2 Å². The summed E-state index contributed by atoms with van der Waals surface area (Å²) in [5, 5.41) is 0. The molecule has 4 aromatic carbocycles. The summed E-state index contributed by atoms with van der Waals surface area (Å²) in [4.78, 5) is 2.34. The van der Waals surface area contributed by atoms with E-state index < -0.39 is 0 Å². The lowest BCUT2D eigenvalue weighted by molar-refractivity contribution is 0.243. The molecule has 0 aliphatic heterocycles. The van der Waals surface area contributed by atoms with Crippen LogP contribution >= 0.6 is 0 Å². The average molecular weight is 453 g/mol. The molecule has 4 rings (SSSR count). The fraction of sp³-hybridized carbons (Fsp3) is 0.200. The number of hydrogen-bond donors (Lipinski definition) is 1. The summed E-state index contributed by atoms with van der Waals surface area (Å²) in [6, 6.07) is 37.0. The molecule has 0 aliphatic rings. The van der Waals surface area contributed by atoms with Crippen LogP contribution in [-0.2, 0) is 26.3 Å². The van der Waals surface area contributed by atoms with Gasteiger partial charge in [0.25, 0.3) is 0 Å². The lowest BCUT2D eigenvalue weighted by atomic mass is 10.1. The molecule has 4 nitrogen and oxygen atoms in total. The van der Waals surface area contributed by atoms with Gasteiger partial charge in [0, 0.05) is 37.3 Å². The first-order chi connectivity index (χ1) is 16.8. The van der Waals surface area contributed by atoms with E-state index in [0.29, 0.717) is 19.8 Å². The second-order valence-electron chi connectivity index (χ2n) is 8.26. The van der Waals surface area contributed by atoms with E-state index in [1.807, 2.05) is 60.7 Å². The van der Waals surface area contributed by atoms with Gasteiger partial charge in [-0.3, -0.25) is 4.90 Å². The number of benzene rings is 4. The van der Waals surface area contributed by atoms with Gasteiger partial charge in [-0.1, -0.05) is 97.1 Å². The summed E-state index contributed by atoms with van der Waals surface area (Å²) in [6.45, 7) is 3.94. The van der Waals surface area contributed by atoms with Gasteiger partial charge in [0.15, 0.2) is 0 Å². The van der Waals surface area contributed by atoms with Crippen LogP contribution in [0.5, 0.6) is 11.5 Å². The van der Waals surface area contributed by atoms with E-state index >= 15 is 0 Å². The average Bonchev–Trinajstić information content (AvgIpc) is 2.89. The quantitative estimate of drug-likeness (QED) is 0.295. The van der Waals surface area contributed by atoms with Crippen molar-refractivity contribution < 1.29 is 9.47 Å². The van der Waals surface area contributed by atoms with E-state index in [1.165, 1.54) is 0 Å². The van der Waals surface area contributed by atoms with Crippen LogP contribution in [0.15, 0.2) is 109 Å². The fourth-order valence-electron chi connectivity index (χ4n) is 3.90. The Morgan fingerprint density at radius 1 is 0.529 bits per heavy atom.